The predicted molar refractivity (Wildman–Crippen MR) is 73.8 cm³/mol. The van der Waals surface area contributed by atoms with Gasteiger partial charge >= 0.3 is 5.97 Å². The number of esters is 1. The van der Waals surface area contributed by atoms with E-state index in [4.69, 9.17) is 4.74 Å². The van der Waals surface area contributed by atoms with Crippen molar-refractivity contribution in [2.45, 2.75) is 18.2 Å². The molecule has 7 heteroatoms. The van der Waals surface area contributed by atoms with Crippen LogP contribution in [0.3, 0.4) is 0 Å². The second-order valence-electron chi connectivity index (χ2n) is 3.45. The van der Waals surface area contributed by atoms with Crippen LogP contribution in [0, 0.1) is 10.1 Å². The Bertz CT molecular complexity index is 464. The van der Waals surface area contributed by atoms with Crippen molar-refractivity contribution >= 4 is 43.5 Å². The third kappa shape index (κ3) is 4.06. The standard InChI is InChI=1S/C11H11Br2NO4/c1-2-18-11(15)9(13)5-7-3-4-8(12)6-10(7)14(16)17/h3-4,6,9H,2,5H2,1H3. The van der Waals surface area contributed by atoms with Gasteiger partial charge in [0, 0.05) is 22.5 Å². The summed E-state index contributed by atoms with van der Waals surface area (Å²) in [6, 6.07) is 4.74. The molecule has 1 aromatic carbocycles. The van der Waals surface area contributed by atoms with E-state index in [1.54, 1.807) is 19.1 Å². The summed E-state index contributed by atoms with van der Waals surface area (Å²) in [5.74, 6) is -0.422. The van der Waals surface area contributed by atoms with Gasteiger partial charge in [-0.2, -0.15) is 0 Å². The van der Waals surface area contributed by atoms with Crippen molar-refractivity contribution < 1.29 is 14.5 Å². The first-order valence-corrected chi connectivity index (χ1v) is 6.90. The molecular weight excluding hydrogens is 370 g/mol. The molecule has 0 saturated carbocycles. The lowest BCUT2D eigenvalue weighted by Crippen LogP contribution is -2.20. The molecule has 1 atom stereocenters. The molecule has 18 heavy (non-hydrogen) atoms. The summed E-state index contributed by atoms with van der Waals surface area (Å²) in [4.78, 5) is 21.3. The lowest BCUT2D eigenvalue weighted by Gasteiger charge is -2.09. The maximum atomic E-state index is 11.4. The van der Waals surface area contributed by atoms with Crippen molar-refractivity contribution in [2.24, 2.45) is 0 Å². The smallest absolute Gasteiger partial charge is 0.320 e. The van der Waals surface area contributed by atoms with Crippen molar-refractivity contribution in [3.63, 3.8) is 0 Å². The predicted octanol–water partition coefficient (Wildman–Crippen LogP) is 3.23. The Kier molecular flexibility index (Phi) is 5.74. The number of ether oxygens (including phenoxy) is 1. The second kappa shape index (κ2) is 6.84. The van der Waals surface area contributed by atoms with Crippen LogP contribution < -0.4 is 0 Å². The van der Waals surface area contributed by atoms with E-state index in [1.807, 2.05) is 0 Å². The van der Waals surface area contributed by atoms with E-state index in [1.165, 1.54) is 6.07 Å². The normalized spacial score (nSPS) is 11.9. The number of carbonyl (C=O) groups excluding carboxylic acids is 1. The summed E-state index contributed by atoms with van der Waals surface area (Å²) in [5, 5.41) is 10.9. The third-order valence-electron chi connectivity index (χ3n) is 2.19. The van der Waals surface area contributed by atoms with Crippen molar-refractivity contribution in [1.29, 1.82) is 0 Å². The highest BCUT2D eigenvalue weighted by Gasteiger charge is 2.22. The van der Waals surface area contributed by atoms with Crippen LogP contribution in [0.15, 0.2) is 22.7 Å². The fourth-order valence-corrected chi connectivity index (χ4v) is 2.22. The van der Waals surface area contributed by atoms with Gasteiger partial charge in [0.25, 0.3) is 5.69 Å². The molecule has 0 amide bonds. The molecule has 0 aliphatic rings. The average molecular weight is 381 g/mol. The van der Waals surface area contributed by atoms with Crippen LogP contribution in [-0.2, 0) is 16.0 Å². The number of halogens is 2. The SMILES string of the molecule is CCOC(=O)C(Br)Cc1ccc(Br)cc1[N+](=O)[O-]. The number of hydrogen-bond donors (Lipinski definition) is 0. The largest absolute Gasteiger partial charge is 0.465 e. The first kappa shape index (κ1) is 15.1. The van der Waals surface area contributed by atoms with Gasteiger partial charge in [-0.05, 0) is 13.0 Å². The Hall–Kier alpha value is -0.950. The molecule has 0 radical (unpaired) electrons. The van der Waals surface area contributed by atoms with E-state index in [0.717, 1.165) is 0 Å². The van der Waals surface area contributed by atoms with Gasteiger partial charge in [-0.1, -0.05) is 37.9 Å². The Balaban J connectivity index is 2.90. The minimum atomic E-state index is -0.586. The number of benzene rings is 1. The van der Waals surface area contributed by atoms with Gasteiger partial charge in [0.1, 0.15) is 4.83 Å². The number of rotatable bonds is 5. The topological polar surface area (TPSA) is 69.4 Å². The maximum absolute atomic E-state index is 11.4. The van der Waals surface area contributed by atoms with E-state index in [9.17, 15) is 14.9 Å². The van der Waals surface area contributed by atoms with Crippen molar-refractivity contribution in [3.05, 3.63) is 38.3 Å². The Morgan fingerprint density at radius 3 is 2.78 bits per heavy atom. The van der Waals surface area contributed by atoms with Crippen molar-refractivity contribution in [1.82, 2.24) is 0 Å². The fraction of sp³-hybridized carbons (Fsp3) is 0.364. The van der Waals surface area contributed by atoms with Crippen LogP contribution in [0.1, 0.15) is 12.5 Å². The molecule has 0 aliphatic carbocycles. The fourth-order valence-electron chi connectivity index (χ4n) is 1.39. The number of nitro groups is 1. The summed E-state index contributed by atoms with van der Waals surface area (Å²) in [5.41, 5.74) is 0.469. The molecule has 0 aliphatic heterocycles. The first-order valence-electron chi connectivity index (χ1n) is 5.19. The van der Waals surface area contributed by atoms with Crippen LogP contribution in [0.2, 0.25) is 0 Å². The Labute approximate surface area is 121 Å². The Morgan fingerprint density at radius 2 is 2.22 bits per heavy atom. The lowest BCUT2D eigenvalue weighted by molar-refractivity contribution is -0.385. The zero-order valence-electron chi connectivity index (χ0n) is 9.56. The highest BCUT2D eigenvalue weighted by Crippen LogP contribution is 2.26. The minimum Gasteiger partial charge on any atom is -0.465 e. The molecule has 1 aromatic rings. The lowest BCUT2D eigenvalue weighted by atomic mass is 10.1. The summed E-state index contributed by atoms with van der Waals surface area (Å²) < 4.78 is 5.46. The van der Waals surface area contributed by atoms with E-state index in [2.05, 4.69) is 31.9 Å². The molecule has 0 spiro atoms. The minimum absolute atomic E-state index is 0.0156. The van der Waals surface area contributed by atoms with Crippen molar-refractivity contribution in [2.75, 3.05) is 6.61 Å². The molecule has 0 fully saturated rings. The number of carbonyl (C=O) groups is 1. The molecule has 5 nitrogen and oxygen atoms in total. The number of hydrogen-bond acceptors (Lipinski definition) is 4. The molecule has 0 bridgehead atoms. The van der Waals surface area contributed by atoms with E-state index < -0.39 is 15.7 Å². The van der Waals surface area contributed by atoms with Crippen LogP contribution in [0.5, 0.6) is 0 Å². The molecular formula is C11H11Br2NO4. The van der Waals surface area contributed by atoms with Gasteiger partial charge in [-0.3, -0.25) is 14.9 Å². The van der Waals surface area contributed by atoms with Gasteiger partial charge < -0.3 is 4.74 Å². The van der Waals surface area contributed by atoms with Crippen LogP contribution >= 0.6 is 31.9 Å². The summed E-state index contributed by atoms with van der Waals surface area (Å²) in [6.45, 7) is 1.99. The molecule has 0 heterocycles. The number of nitrogens with zero attached hydrogens (tertiary/aromatic N) is 1. The zero-order valence-corrected chi connectivity index (χ0v) is 12.7. The average Bonchev–Trinajstić information content (AvgIpc) is 2.31. The summed E-state index contributed by atoms with van der Waals surface area (Å²) in [7, 11) is 0. The monoisotopic (exact) mass is 379 g/mol. The molecule has 0 aromatic heterocycles. The van der Waals surface area contributed by atoms with Gasteiger partial charge in [0.05, 0.1) is 11.5 Å². The van der Waals surface area contributed by atoms with E-state index in [0.29, 0.717) is 10.0 Å². The van der Waals surface area contributed by atoms with E-state index in [-0.39, 0.29) is 18.7 Å². The third-order valence-corrected chi connectivity index (χ3v) is 3.38. The van der Waals surface area contributed by atoms with Crippen molar-refractivity contribution in [3.8, 4) is 0 Å². The summed E-state index contributed by atoms with van der Waals surface area (Å²) >= 11 is 6.35. The first-order chi connectivity index (χ1) is 8.45. The second-order valence-corrected chi connectivity index (χ2v) is 5.47. The molecule has 1 rings (SSSR count). The molecule has 0 saturated heterocycles. The zero-order chi connectivity index (χ0) is 13.7. The Morgan fingerprint density at radius 1 is 1.56 bits per heavy atom. The van der Waals surface area contributed by atoms with Gasteiger partial charge in [0.15, 0.2) is 0 Å². The van der Waals surface area contributed by atoms with Crippen LogP contribution in [0.4, 0.5) is 5.69 Å². The van der Waals surface area contributed by atoms with Crippen LogP contribution in [-0.4, -0.2) is 22.3 Å². The maximum Gasteiger partial charge on any atom is 0.320 e. The molecule has 98 valence electrons. The highest BCUT2D eigenvalue weighted by atomic mass is 79.9. The molecule has 0 N–H and O–H groups in total. The van der Waals surface area contributed by atoms with Crippen LogP contribution in [0.25, 0.3) is 0 Å². The molecule has 1 unspecified atom stereocenters. The van der Waals surface area contributed by atoms with Gasteiger partial charge in [-0.25, -0.2) is 0 Å². The summed E-state index contributed by atoms with van der Waals surface area (Å²) in [6.07, 6.45) is 0.211. The quantitative estimate of drug-likeness (QED) is 0.340. The van der Waals surface area contributed by atoms with Gasteiger partial charge in [-0.15, -0.1) is 0 Å². The number of nitro benzene ring substituents is 1. The van der Waals surface area contributed by atoms with E-state index >= 15 is 0 Å². The van der Waals surface area contributed by atoms with Gasteiger partial charge in [0.2, 0.25) is 0 Å². The number of alkyl halides is 1. The highest BCUT2D eigenvalue weighted by molar-refractivity contribution is 9.10.